The zero-order valence-electron chi connectivity index (χ0n) is 11.8. The Balaban J connectivity index is 2.62. The summed E-state index contributed by atoms with van der Waals surface area (Å²) >= 11 is 0. The number of carboxylic acids is 1. The van der Waals surface area contributed by atoms with Crippen LogP contribution in [0, 0.1) is 0 Å². The van der Waals surface area contributed by atoms with Crippen LogP contribution in [-0.4, -0.2) is 49.4 Å². The van der Waals surface area contributed by atoms with E-state index in [2.05, 4.69) is 33.9 Å². The second-order valence-electron chi connectivity index (χ2n) is 6.37. The van der Waals surface area contributed by atoms with E-state index in [0.717, 1.165) is 0 Å². The standard InChI is InChI=1S/C12H23NO4Si/c1-12(2,3)18(4,5)17-9-6-10(14)13(7-9)8-11(15)16/h9H,6-8H2,1-5H3,(H,15,16)/t9-/m0/s1. The summed E-state index contributed by atoms with van der Waals surface area (Å²) in [5.41, 5.74) is 0. The second-order valence-corrected chi connectivity index (χ2v) is 11.1. The minimum Gasteiger partial charge on any atom is -0.480 e. The van der Waals surface area contributed by atoms with Gasteiger partial charge in [-0.05, 0) is 18.1 Å². The van der Waals surface area contributed by atoms with Gasteiger partial charge < -0.3 is 14.4 Å². The van der Waals surface area contributed by atoms with Crippen LogP contribution in [0.2, 0.25) is 18.1 Å². The molecule has 0 saturated carbocycles. The molecule has 0 aromatic heterocycles. The molecule has 1 heterocycles. The minimum atomic E-state index is -1.90. The van der Waals surface area contributed by atoms with E-state index < -0.39 is 14.3 Å². The van der Waals surface area contributed by atoms with Crippen LogP contribution in [0.4, 0.5) is 0 Å². The van der Waals surface area contributed by atoms with Gasteiger partial charge in [0, 0.05) is 6.54 Å². The topological polar surface area (TPSA) is 66.8 Å². The van der Waals surface area contributed by atoms with Crippen molar-refractivity contribution in [1.29, 1.82) is 0 Å². The highest BCUT2D eigenvalue weighted by Crippen LogP contribution is 2.38. The largest absolute Gasteiger partial charge is 0.480 e. The van der Waals surface area contributed by atoms with Crippen molar-refractivity contribution in [3.63, 3.8) is 0 Å². The van der Waals surface area contributed by atoms with Gasteiger partial charge in [-0.15, -0.1) is 0 Å². The number of carboxylic acid groups (broad SMARTS) is 1. The number of nitrogens with zero attached hydrogens (tertiary/aromatic N) is 1. The first-order valence-corrected chi connectivity index (χ1v) is 9.11. The SMILES string of the molecule is CC(C)(C)[Si](C)(C)O[C@H]1CC(=O)N(CC(=O)O)C1. The number of amides is 1. The van der Waals surface area contributed by atoms with Crippen LogP contribution in [0.1, 0.15) is 27.2 Å². The number of hydrogen-bond acceptors (Lipinski definition) is 3. The summed E-state index contributed by atoms with van der Waals surface area (Å²) in [5.74, 6) is -1.10. The highest BCUT2D eigenvalue weighted by Gasteiger charge is 2.42. The van der Waals surface area contributed by atoms with Crippen molar-refractivity contribution in [2.24, 2.45) is 0 Å². The molecule has 104 valence electrons. The van der Waals surface area contributed by atoms with Crippen molar-refractivity contribution in [1.82, 2.24) is 4.90 Å². The molecule has 0 unspecified atom stereocenters. The third kappa shape index (κ3) is 3.55. The maximum Gasteiger partial charge on any atom is 0.323 e. The molecule has 0 aliphatic carbocycles. The fourth-order valence-electron chi connectivity index (χ4n) is 1.72. The first kappa shape index (κ1) is 15.2. The van der Waals surface area contributed by atoms with E-state index in [1.807, 2.05) is 0 Å². The summed E-state index contributed by atoms with van der Waals surface area (Å²) in [4.78, 5) is 23.6. The molecule has 0 bridgehead atoms. The lowest BCUT2D eigenvalue weighted by atomic mass is 10.2. The van der Waals surface area contributed by atoms with Gasteiger partial charge in [-0.25, -0.2) is 0 Å². The zero-order chi connectivity index (χ0) is 14.1. The number of carbonyl (C=O) groups is 2. The molecule has 18 heavy (non-hydrogen) atoms. The molecule has 1 amide bonds. The van der Waals surface area contributed by atoms with Crippen molar-refractivity contribution >= 4 is 20.2 Å². The van der Waals surface area contributed by atoms with Gasteiger partial charge >= 0.3 is 5.97 Å². The fraction of sp³-hybridized carbons (Fsp3) is 0.833. The normalized spacial score (nSPS) is 21.5. The Morgan fingerprint density at radius 2 is 2.06 bits per heavy atom. The van der Waals surface area contributed by atoms with E-state index in [4.69, 9.17) is 9.53 Å². The van der Waals surface area contributed by atoms with Gasteiger partial charge in [0.2, 0.25) is 5.91 Å². The Bertz CT molecular complexity index is 348. The van der Waals surface area contributed by atoms with E-state index in [1.54, 1.807) is 0 Å². The fourth-order valence-corrected chi connectivity index (χ4v) is 3.07. The Hall–Kier alpha value is -0.883. The third-order valence-corrected chi connectivity index (χ3v) is 8.31. The molecule has 0 aromatic carbocycles. The van der Waals surface area contributed by atoms with Crippen molar-refractivity contribution in [3.05, 3.63) is 0 Å². The van der Waals surface area contributed by atoms with Crippen LogP contribution in [0.15, 0.2) is 0 Å². The van der Waals surface area contributed by atoms with Crippen molar-refractivity contribution in [2.45, 2.75) is 51.4 Å². The van der Waals surface area contributed by atoms with Crippen LogP contribution in [0.25, 0.3) is 0 Å². The van der Waals surface area contributed by atoms with E-state index in [-0.39, 0.29) is 23.6 Å². The molecule has 1 atom stereocenters. The van der Waals surface area contributed by atoms with E-state index in [9.17, 15) is 9.59 Å². The van der Waals surface area contributed by atoms with Crippen molar-refractivity contribution in [2.75, 3.05) is 13.1 Å². The quantitative estimate of drug-likeness (QED) is 0.792. The molecule has 1 aliphatic heterocycles. The van der Waals surface area contributed by atoms with Gasteiger partial charge in [-0.1, -0.05) is 20.8 Å². The summed E-state index contributed by atoms with van der Waals surface area (Å²) in [6, 6.07) is 0. The highest BCUT2D eigenvalue weighted by atomic mass is 28.4. The molecule has 0 radical (unpaired) electrons. The molecule has 1 saturated heterocycles. The monoisotopic (exact) mass is 273 g/mol. The Labute approximate surface area is 109 Å². The molecule has 0 aromatic rings. The second kappa shape index (κ2) is 5.01. The summed E-state index contributed by atoms with van der Waals surface area (Å²) in [5, 5.41) is 8.81. The molecule has 1 rings (SSSR count). The average molecular weight is 273 g/mol. The summed E-state index contributed by atoms with van der Waals surface area (Å²) in [6.07, 6.45) is 0.150. The number of hydrogen-bond donors (Lipinski definition) is 1. The van der Waals surface area contributed by atoms with Gasteiger partial charge in [0.05, 0.1) is 12.5 Å². The molecule has 1 N–H and O–H groups in total. The molecule has 6 heteroatoms. The molecule has 1 aliphatic rings. The molecular formula is C12H23NO4Si. The molecule has 1 fully saturated rings. The average Bonchev–Trinajstić information content (AvgIpc) is 2.42. The summed E-state index contributed by atoms with van der Waals surface area (Å²) < 4.78 is 6.13. The van der Waals surface area contributed by atoms with E-state index in [0.29, 0.717) is 13.0 Å². The van der Waals surface area contributed by atoms with E-state index in [1.165, 1.54) is 4.90 Å². The van der Waals surface area contributed by atoms with Crippen molar-refractivity contribution < 1.29 is 19.1 Å². The van der Waals surface area contributed by atoms with Gasteiger partial charge in [0.1, 0.15) is 6.54 Å². The maximum atomic E-state index is 11.7. The lowest BCUT2D eigenvalue weighted by Gasteiger charge is -2.38. The summed E-state index contributed by atoms with van der Waals surface area (Å²) in [7, 11) is -1.90. The van der Waals surface area contributed by atoms with Gasteiger partial charge in [0.15, 0.2) is 8.32 Å². The first-order valence-electron chi connectivity index (χ1n) is 6.20. The molecule has 0 spiro atoms. The van der Waals surface area contributed by atoms with Gasteiger partial charge in [-0.3, -0.25) is 9.59 Å². The Kier molecular flexibility index (Phi) is 4.22. The third-order valence-electron chi connectivity index (χ3n) is 3.77. The predicted octanol–water partition coefficient (Wildman–Crippen LogP) is 1.69. The first-order chi connectivity index (χ1) is 8.03. The van der Waals surface area contributed by atoms with Crippen LogP contribution in [0.3, 0.4) is 0 Å². The van der Waals surface area contributed by atoms with Gasteiger partial charge in [0.25, 0.3) is 0 Å². The molecular weight excluding hydrogens is 250 g/mol. The maximum absolute atomic E-state index is 11.7. The van der Waals surface area contributed by atoms with Crippen LogP contribution in [-0.2, 0) is 14.0 Å². The number of aliphatic carboxylic acids is 1. The van der Waals surface area contributed by atoms with Crippen molar-refractivity contribution in [3.8, 4) is 0 Å². The Morgan fingerprint density at radius 3 is 2.50 bits per heavy atom. The van der Waals surface area contributed by atoms with Crippen LogP contribution >= 0.6 is 0 Å². The zero-order valence-corrected chi connectivity index (χ0v) is 12.8. The minimum absolute atomic E-state index is 0.0935. The number of likely N-dealkylation sites (tertiary alicyclic amines) is 1. The van der Waals surface area contributed by atoms with Gasteiger partial charge in [-0.2, -0.15) is 0 Å². The highest BCUT2D eigenvalue weighted by molar-refractivity contribution is 6.74. The lowest BCUT2D eigenvalue weighted by Crippen LogP contribution is -2.44. The Morgan fingerprint density at radius 1 is 1.50 bits per heavy atom. The lowest BCUT2D eigenvalue weighted by molar-refractivity contribution is -0.142. The predicted molar refractivity (Wildman–Crippen MR) is 70.9 cm³/mol. The van der Waals surface area contributed by atoms with E-state index >= 15 is 0 Å². The number of rotatable bonds is 4. The summed E-state index contributed by atoms with van der Waals surface area (Å²) in [6.45, 7) is 10.9. The van der Waals surface area contributed by atoms with Crippen LogP contribution in [0.5, 0.6) is 0 Å². The number of carbonyl (C=O) groups excluding carboxylic acids is 1. The smallest absolute Gasteiger partial charge is 0.323 e. The molecule has 5 nitrogen and oxygen atoms in total. The van der Waals surface area contributed by atoms with Crippen LogP contribution < -0.4 is 0 Å².